The third-order valence-electron chi connectivity index (χ3n) is 2.83. The van der Waals surface area contributed by atoms with Crippen LogP contribution in [0.5, 0.6) is 5.75 Å². The van der Waals surface area contributed by atoms with E-state index in [1.54, 1.807) is 30.2 Å². The lowest BCUT2D eigenvalue weighted by Gasteiger charge is -2.15. The Morgan fingerprint density at radius 1 is 1.48 bits per heavy atom. The molecule has 0 bridgehead atoms. The summed E-state index contributed by atoms with van der Waals surface area (Å²) in [5.74, 6) is -0.719. The summed E-state index contributed by atoms with van der Waals surface area (Å²) >= 11 is 0. The normalized spacial score (nSPS) is 13.1. The topological polar surface area (TPSA) is 73.2 Å². The van der Waals surface area contributed by atoms with Crippen LogP contribution in [0.1, 0.15) is 6.92 Å². The molecule has 0 aliphatic rings. The fourth-order valence-corrected chi connectivity index (χ4v) is 3.14. The number of sulfonamides is 1. The van der Waals surface area contributed by atoms with Crippen molar-refractivity contribution in [3.05, 3.63) is 42.7 Å². The van der Waals surface area contributed by atoms with Gasteiger partial charge in [-0.15, -0.1) is 0 Å². The number of ether oxygens (including phenoxy) is 1. The van der Waals surface area contributed by atoms with E-state index in [9.17, 15) is 12.8 Å². The number of benzene rings is 1. The van der Waals surface area contributed by atoms with E-state index >= 15 is 0 Å². The molecule has 0 aliphatic heterocycles. The summed E-state index contributed by atoms with van der Waals surface area (Å²) in [5.41, 5.74) is 0. The van der Waals surface area contributed by atoms with E-state index in [0.717, 1.165) is 6.07 Å². The molecule has 1 aromatic heterocycles. The first kappa shape index (κ1) is 15.5. The number of aromatic nitrogens is 2. The van der Waals surface area contributed by atoms with Crippen molar-refractivity contribution in [3.63, 3.8) is 0 Å². The van der Waals surface area contributed by atoms with Crippen LogP contribution in [0.3, 0.4) is 0 Å². The van der Waals surface area contributed by atoms with Gasteiger partial charge >= 0.3 is 0 Å². The van der Waals surface area contributed by atoms with Crippen LogP contribution in [0, 0.1) is 5.82 Å². The molecular formula is C13H16FN3O3S. The van der Waals surface area contributed by atoms with Crippen LogP contribution in [0.2, 0.25) is 0 Å². The molecule has 0 amide bonds. The van der Waals surface area contributed by atoms with Gasteiger partial charge in [0.1, 0.15) is 0 Å². The third kappa shape index (κ3) is 3.79. The fraction of sp³-hybridized carbons (Fsp3) is 0.308. The van der Waals surface area contributed by atoms with Crippen molar-refractivity contribution >= 4 is 10.0 Å². The molecule has 0 fully saturated rings. The quantitative estimate of drug-likeness (QED) is 0.875. The molecule has 0 saturated carbocycles. The average Bonchev–Trinajstić information content (AvgIpc) is 2.90. The van der Waals surface area contributed by atoms with Crippen LogP contribution in [0.15, 0.2) is 41.8 Å². The minimum absolute atomic E-state index is 0.000383. The van der Waals surface area contributed by atoms with Crippen LogP contribution in [-0.2, 0) is 16.6 Å². The summed E-state index contributed by atoms with van der Waals surface area (Å²) in [7, 11) is -2.47. The first-order valence-electron chi connectivity index (χ1n) is 6.24. The number of rotatable bonds is 6. The van der Waals surface area contributed by atoms with Gasteiger partial charge in [-0.1, -0.05) is 0 Å². The first-order valence-corrected chi connectivity index (χ1v) is 7.72. The highest BCUT2D eigenvalue weighted by Gasteiger charge is 2.19. The van der Waals surface area contributed by atoms with Gasteiger partial charge in [0.2, 0.25) is 10.0 Å². The van der Waals surface area contributed by atoms with Crippen LogP contribution in [0.4, 0.5) is 4.39 Å². The molecule has 114 valence electrons. The molecule has 1 aromatic carbocycles. The van der Waals surface area contributed by atoms with E-state index in [0.29, 0.717) is 6.54 Å². The summed E-state index contributed by atoms with van der Waals surface area (Å²) < 4.78 is 47.0. The molecule has 1 atom stereocenters. The molecule has 2 aromatic rings. The van der Waals surface area contributed by atoms with Gasteiger partial charge in [-0.3, -0.25) is 0 Å². The van der Waals surface area contributed by atoms with E-state index in [1.807, 2.05) is 0 Å². The maximum Gasteiger partial charge on any atom is 0.240 e. The minimum atomic E-state index is -3.79. The van der Waals surface area contributed by atoms with Gasteiger partial charge < -0.3 is 9.30 Å². The zero-order valence-corrected chi connectivity index (χ0v) is 12.5. The lowest BCUT2D eigenvalue weighted by atomic mass is 10.3. The number of imidazole rings is 1. The highest BCUT2D eigenvalue weighted by Crippen LogP contribution is 2.20. The summed E-state index contributed by atoms with van der Waals surface area (Å²) in [5, 5.41) is 0. The van der Waals surface area contributed by atoms with Crippen molar-refractivity contribution in [2.45, 2.75) is 24.4 Å². The SMILES string of the molecule is COc1ccc(S(=O)(=O)N[C@@H](C)Cn2ccnc2)cc1F. The summed E-state index contributed by atoms with van der Waals surface area (Å²) in [6.07, 6.45) is 4.94. The third-order valence-corrected chi connectivity index (χ3v) is 4.42. The van der Waals surface area contributed by atoms with E-state index in [2.05, 4.69) is 9.71 Å². The molecule has 0 unspecified atom stereocenters. The first-order chi connectivity index (χ1) is 9.92. The number of methoxy groups -OCH3 is 1. The van der Waals surface area contributed by atoms with Crippen LogP contribution in [0.25, 0.3) is 0 Å². The number of hydrogen-bond donors (Lipinski definition) is 1. The second kappa shape index (κ2) is 6.23. The van der Waals surface area contributed by atoms with Crippen molar-refractivity contribution in [2.75, 3.05) is 7.11 Å². The Morgan fingerprint density at radius 3 is 2.81 bits per heavy atom. The van der Waals surface area contributed by atoms with E-state index < -0.39 is 15.8 Å². The Morgan fingerprint density at radius 2 is 2.24 bits per heavy atom. The monoisotopic (exact) mass is 313 g/mol. The second-order valence-electron chi connectivity index (χ2n) is 4.58. The van der Waals surface area contributed by atoms with Crippen molar-refractivity contribution in [3.8, 4) is 5.75 Å². The molecule has 8 heteroatoms. The fourth-order valence-electron chi connectivity index (χ4n) is 1.90. The second-order valence-corrected chi connectivity index (χ2v) is 6.29. The van der Waals surface area contributed by atoms with Gasteiger partial charge in [0.25, 0.3) is 0 Å². The van der Waals surface area contributed by atoms with E-state index in [-0.39, 0.29) is 16.7 Å². The zero-order chi connectivity index (χ0) is 15.5. The molecule has 0 aliphatic carbocycles. The predicted molar refractivity (Wildman–Crippen MR) is 75.0 cm³/mol. The highest BCUT2D eigenvalue weighted by molar-refractivity contribution is 7.89. The average molecular weight is 313 g/mol. The van der Waals surface area contributed by atoms with Crippen LogP contribution >= 0.6 is 0 Å². The van der Waals surface area contributed by atoms with Crippen molar-refractivity contribution in [1.82, 2.24) is 14.3 Å². The smallest absolute Gasteiger partial charge is 0.240 e. The lowest BCUT2D eigenvalue weighted by Crippen LogP contribution is -2.35. The summed E-state index contributed by atoms with van der Waals surface area (Å²) in [6.45, 7) is 2.15. The maximum absolute atomic E-state index is 13.6. The van der Waals surface area contributed by atoms with Crippen LogP contribution in [-0.4, -0.2) is 31.1 Å². The number of hydrogen-bond acceptors (Lipinski definition) is 4. The Bertz CT molecular complexity index is 701. The Balaban J connectivity index is 2.12. The summed E-state index contributed by atoms with van der Waals surface area (Å²) in [6, 6.07) is 3.15. The van der Waals surface area contributed by atoms with Crippen molar-refractivity contribution < 1.29 is 17.5 Å². The molecule has 0 radical (unpaired) electrons. The number of nitrogens with zero attached hydrogens (tertiary/aromatic N) is 2. The minimum Gasteiger partial charge on any atom is -0.494 e. The number of halogens is 1. The maximum atomic E-state index is 13.6. The lowest BCUT2D eigenvalue weighted by molar-refractivity contribution is 0.385. The Kier molecular flexibility index (Phi) is 4.59. The van der Waals surface area contributed by atoms with Gasteiger partial charge in [0.15, 0.2) is 11.6 Å². The number of nitrogens with one attached hydrogen (secondary N) is 1. The van der Waals surface area contributed by atoms with Crippen LogP contribution < -0.4 is 9.46 Å². The van der Waals surface area contributed by atoms with Crippen molar-refractivity contribution in [2.24, 2.45) is 0 Å². The molecule has 1 heterocycles. The van der Waals surface area contributed by atoms with Gasteiger partial charge in [0, 0.05) is 25.0 Å². The van der Waals surface area contributed by atoms with Crippen molar-refractivity contribution in [1.29, 1.82) is 0 Å². The van der Waals surface area contributed by atoms with Gasteiger partial charge in [-0.05, 0) is 25.1 Å². The molecule has 0 spiro atoms. The van der Waals surface area contributed by atoms with E-state index in [4.69, 9.17) is 4.74 Å². The molecule has 21 heavy (non-hydrogen) atoms. The van der Waals surface area contributed by atoms with Gasteiger partial charge in [-0.25, -0.2) is 22.5 Å². The van der Waals surface area contributed by atoms with E-state index in [1.165, 1.54) is 19.2 Å². The summed E-state index contributed by atoms with van der Waals surface area (Å²) in [4.78, 5) is 3.74. The largest absolute Gasteiger partial charge is 0.494 e. The molecule has 2 rings (SSSR count). The van der Waals surface area contributed by atoms with Gasteiger partial charge in [0.05, 0.1) is 18.3 Å². The standard InChI is InChI=1S/C13H16FN3O3S/c1-10(8-17-6-5-15-9-17)16-21(18,19)11-3-4-13(20-2)12(14)7-11/h3-7,9-10,16H,8H2,1-2H3/t10-/m0/s1. The Labute approximate surface area is 122 Å². The highest BCUT2D eigenvalue weighted by atomic mass is 32.2. The molecular weight excluding hydrogens is 297 g/mol. The molecule has 0 saturated heterocycles. The van der Waals surface area contributed by atoms with Gasteiger partial charge in [-0.2, -0.15) is 0 Å². The predicted octanol–water partition coefficient (Wildman–Crippen LogP) is 1.40. The molecule has 1 N–H and O–H groups in total. The molecule has 6 nitrogen and oxygen atoms in total. The zero-order valence-electron chi connectivity index (χ0n) is 11.7. The Hall–Kier alpha value is -1.93.